The molecule has 1 aromatic heterocycles. The highest BCUT2D eigenvalue weighted by Gasteiger charge is 2.22. The summed E-state index contributed by atoms with van der Waals surface area (Å²) in [5, 5.41) is 9.89. The average molecular weight is 327 g/mol. The lowest BCUT2D eigenvalue weighted by Gasteiger charge is -2.09. The van der Waals surface area contributed by atoms with Crippen LogP contribution >= 0.6 is 11.3 Å². The van der Waals surface area contributed by atoms with E-state index < -0.39 is 16.0 Å². The molecule has 0 atom stereocenters. The van der Waals surface area contributed by atoms with E-state index >= 15 is 0 Å². The van der Waals surface area contributed by atoms with Gasteiger partial charge in [0.15, 0.2) is 0 Å². The Hall–Kier alpha value is -1.97. The van der Waals surface area contributed by atoms with Gasteiger partial charge in [0.2, 0.25) is 10.0 Å². The van der Waals surface area contributed by atoms with Crippen molar-refractivity contribution >= 4 is 33.0 Å². The lowest BCUT2D eigenvalue weighted by Crippen LogP contribution is -2.25. The first-order valence-corrected chi connectivity index (χ1v) is 8.13. The normalized spacial score (nSPS) is 11.5. The SMILES string of the molecule is Cc1ncc(CNS(=O)(=O)c2cc(N)ccc2C(=O)O)s1. The second kappa shape index (κ2) is 5.80. The quantitative estimate of drug-likeness (QED) is 0.709. The molecule has 0 aliphatic carbocycles. The van der Waals surface area contributed by atoms with Gasteiger partial charge in [0, 0.05) is 23.3 Å². The molecule has 0 saturated heterocycles. The number of aromatic nitrogens is 1. The molecule has 0 amide bonds. The number of anilines is 1. The van der Waals surface area contributed by atoms with Crippen molar-refractivity contribution < 1.29 is 18.3 Å². The van der Waals surface area contributed by atoms with E-state index in [0.29, 0.717) is 0 Å². The molecule has 9 heteroatoms. The van der Waals surface area contributed by atoms with Gasteiger partial charge in [-0.2, -0.15) is 0 Å². The van der Waals surface area contributed by atoms with Gasteiger partial charge in [0.05, 0.1) is 15.5 Å². The minimum Gasteiger partial charge on any atom is -0.478 e. The number of sulfonamides is 1. The number of nitrogens with one attached hydrogen (secondary N) is 1. The number of nitrogen functional groups attached to an aromatic ring is 1. The molecule has 0 radical (unpaired) electrons. The van der Waals surface area contributed by atoms with Gasteiger partial charge in [-0.05, 0) is 25.1 Å². The van der Waals surface area contributed by atoms with E-state index in [1.807, 2.05) is 6.92 Å². The minimum absolute atomic E-state index is 0.0434. The molecule has 2 rings (SSSR count). The van der Waals surface area contributed by atoms with Crippen LogP contribution in [0.25, 0.3) is 0 Å². The van der Waals surface area contributed by atoms with E-state index in [2.05, 4.69) is 9.71 Å². The summed E-state index contributed by atoms with van der Waals surface area (Å²) in [5.41, 5.74) is 5.39. The Bertz CT molecular complexity index is 784. The molecular weight excluding hydrogens is 314 g/mol. The minimum atomic E-state index is -3.98. The highest BCUT2D eigenvalue weighted by atomic mass is 32.2. The van der Waals surface area contributed by atoms with Crippen LogP contribution in [-0.4, -0.2) is 24.5 Å². The van der Waals surface area contributed by atoms with E-state index in [9.17, 15) is 13.2 Å². The molecule has 0 aliphatic rings. The topological polar surface area (TPSA) is 122 Å². The second-order valence-corrected chi connectivity index (χ2v) is 7.29. The van der Waals surface area contributed by atoms with Crippen LogP contribution < -0.4 is 10.5 Å². The van der Waals surface area contributed by atoms with Crippen LogP contribution in [0.4, 0.5) is 5.69 Å². The van der Waals surface area contributed by atoms with Crippen molar-refractivity contribution in [3.05, 3.63) is 39.8 Å². The number of rotatable bonds is 5. The summed E-state index contributed by atoms with van der Waals surface area (Å²) in [6.45, 7) is 1.85. The maximum Gasteiger partial charge on any atom is 0.337 e. The largest absolute Gasteiger partial charge is 0.478 e. The molecule has 0 spiro atoms. The van der Waals surface area contributed by atoms with Crippen molar-refractivity contribution in [1.82, 2.24) is 9.71 Å². The number of nitrogens with two attached hydrogens (primary N) is 1. The van der Waals surface area contributed by atoms with Crippen molar-refractivity contribution in [2.45, 2.75) is 18.4 Å². The van der Waals surface area contributed by atoms with Crippen molar-refractivity contribution in [2.24, 2.45) is 0 Å². The number of thiazole rings is 1. The molecular formula is C12H13N3O4S2. The smallest absolute Gasteiger partial charge is 0.337 e. The molecule has 4 N–H and O–H groups in total. The maximum absolute atomic E-state index is 12.2. The van der Waals surface area contributed by atoms with Crippen LogP contribution in [-0.2, 0) is 16.6 Å². The fourth-order valence-electron chi connectivity index (χ4n) is 1.67. The number of carboxylic acids is 1. The Balaban J connectivity index is 2.31. The number of hydrogen-bond donors (Lipinski definition) is 3. The third-order valence-corrected chi connectivity index (χ3v) is 4.99. The van der Waals surface area contributed by atoms with Crippen molar-refractivity contribution in [1.29, 1.82) is 0 Å². The second-order valence-electron chi connectivity index (χ2n) is 4.23. The standard InChI is InChI=1S/C12H13N3O4S2/c1-7-14-5-9(20-7)6-15-21(18,19)11-4-8(13)2-3-10(11)12(16)17/h2-5,15H,6,13H2,1H3,(H,16,17). The highest BCUT2D eigenvalue weighted by Crippen LogP contribution is 2.20. The molecule has 0 aliphatic heterocycles. The number of nitrogens with zero attached hydrogens (tertiary/aromatic N) is 1. The van der Waals surface area contributed by atoms with E-state index in [1.165, 1.54) is 23.5 Å². The van der Waals surface area contributed by atoms with E-state index in [0.717, 1.165) is 16.0 Å². The summed E-state index contributed by atoms with van der Waals surface area (Å²) in [4.78, 5) is 15.5. The first-order valence-electron chi connectivity index (χ1n) is 5.83. The van der Waals surface area contributed by atoms with Crippen LogP contribution in [0.2, 0.25) is 0 Å². The van der Waals surface area contributed by atoms with Gasteiger partial charge < -0.3 is 10.8 Å². The van der Waals surface area contributed by atoms with Crippen molar-refractivity contribution in [2.75, 3.05) is 5.73 Å². The van der Waals surface area contributed by atoms with E-state index in [4.69, 9.17) is 10.8 Å². The summed E-state index contributed by atoms with van der Waals surface area (Å²) in [5.74, 6) is -1.33. The third kappa shape index (κ3) is 3.57. The molecule has 0 bridgehead atoms. The van der Waals surface area contributed by atoms with Crippen LogP contribution in [0.1, 0.15) is 20.2 Å². The Kier molecular flexibility index (Phi) is 4.26. The Labute approximate surface area is 125 Å². The summed E-state index contributed by atoms with van der Waals surface area (Å²) in [7, 11) is -3.98. The van der Waals surface area contributed by atoms with Gasteiger partial charge in [0.1, 0.15) is 0 Å². The molecule has 0 unspecified atom stereocenters. The van der Waals surface area contributed by atoms with Gasteiger partial charge in [-0.25, -0.2) is 22.9 Å². The average Bonchev–Trinajstić information content (AvgIpc) is 2.82. The fraction of sp³-hybridized carbons (Fsp3) is 0.167. The zero-order chi connectivity index (χ0) is 15.6. The summed E-state index contributed by atoms with van der Waals surface area (Å²) in [6, 6.07) is 3.64. The molecule has 0 saturated carbocycles. The highest BCUT2D eigenvalue weighted by molar-refractivity contribution is 7.89. The molecule has 7 nitrogen and oxygen atoms in total. The monoisotopic (exact) mass is 327 g/mol. The number of carbonyl (C=O) groups is 1. The summed E-state index contributed by atoms with van der Waals surface area (Å²) >= 11 is 1.36. The van der Waals surface area contributed by atoms with Gasteiger partial charge in [-0.15, -0.1) is 11.3 Å². The van der Waals surface area contributed by atoms with Crippen molar-refractivity contribution in [3.63, 3.8) is 0 Å². The number of benzene rings is 1. The van der Waals surface area contributed by atoms with Crippen molar-refractivity contribution in [3.8, 4) is 0 Å². The fourth-order valence-corrected chi connectivity index (χ4v) is 3.73. The maximum atomic E-state index is 12.2. The van der Waals surface area contributed by atoms with Crippen LogP contribution in [0.5, 0.6) is 0 Å². The Morgan fingerprint density at radius 1 is 1.48 bits per heavy atom. The van der Waals surface area contributed by atoms with E-state index in [1.54, 1.807) is 6.20 Å². The van der Waals surface area contributed by atoms with Crippen LogP contribution in [0.3, 0.4) is 0 Å². The number of aromatic carboxylic acids is 1. The zero-order valence-corrected chi connectivity index (χ0v) is 12.7. The lowest BCUT2D eigenvalue weighted by molar-refractivity contribution is 0.0692. The van der Waals surface area contributed by atoms with Gasteiger partial charge in [-0.1, -0.05) is 0 Å². The molecule has 2 aromatic rings. The summed E-state index contributed by atoms with van der Waals surface area (Å²) < 4.78 is 26.8. The number of hydrogen-bond acceptors (Lipinski definition) is 6. The van der Waals surface area contributed by atoms with Gasteiger partial charge in [-0.3, -0.25) is 0 Å². The van der Waals surface area contributed by atoms with Crippen LogP contribution in [0.15, 0.2) is 29.3 Å². The summed E-state index contributed by atoms with van der Waals surface area (Å²) in [6.07, 6.45) is 1.57. The molecule has 21 heavy (non-hydrogen) atoms. The Morgan fingerprint density at radius 3 is 2.76 bits per heavy atom. The molecule has 1 aromatic carbocycles. The Morgan fingerprint density at radius 2 is 2.19 bits per heavy atom. The number of aryl methyl sites for hydroxylation is 1. The van der Waals surface area contributed by atoms with Gasteiger partial charge >= 0.3 is 5.97 Å². The predicted octanol–water partition coefficient (Wildman–Crippen LogP) is 1.21. The predicted molar refractivity (Wildman–Crippen MR) is 78.7 cm³/mol. The third-order valence-electron chi connectivity index (χ3n) is 2.63. The van der Waals surface area contributed by atoms with E-state index in [-0.39, 0.29) is 22.7 Å². The first-order chi connectivity index (χ1) is 9.79. The zero-order valence-electron chi connectivity index (χ0n) is 11.0. The number of carboxylic acid groups (broad SMARTS) is 1. The van der Waals surface area contributed by atoms with Gasteiger partial charge in [0.25, 0.3) is 0 Å². The molecule has 0 fully saturated rings. The van der Waals surface area contributed by atoms with Crippen LogP contribution in [0, 0.1) is 6.92 Å². The molecule has 112 valence electrons. The lowest BCUT2D eigenvalue weighted by atomic mass is 10.2. The first kappa shape index (κ1) is 15.4. The molecule has 1 heterocycles.